The molecule has 0 saturated carbocycles. The van der Waals surface area contributed by atoms with Gasteiger partial charge in [-0.05, 0) is 63.3 Å². The van der Waals surface area contributed by atoms with E-state index < -0.39 is 0 Å². The molecule has 0 saturated heterocycles. The molecule has 2 N–H and O–H groups in total. The first-order chi connectivity index (χ1) is 9.10. The SMILES string of the molecule is COc1cc2c(cc1N)CN(CCCN(C)C)CC2. The number of anilines is 1. The molecule has 19 heavy (non-hydrogen) atoms. The average molecular weight is 263 g/mol. The van der Waals surface area contributed by atoms with Crippen LogP contribution in [-0.2, 0) is 13.0 Å². The number of nitrogens with zero attached hydrogens (tertiary/aromatic N) is 2. The molecule has 1 aliphatic rings. The molecular formula is C15H25N3O. The average Bonchev–Trinajstić information content (AvgIpc) is 2.37. The third kappa shape index (κ3) is 3.61. The molecule has 0 spiro atoms. The summed E-state index contributed by atoms with van der Waals surface area (Å²) < 4.78 is 5.29. The van der Waals surface area contributed by atoms with Crippen LogP contribution in [0.5, 0.6) is 5.75 Å². The third-order valence-electron chi connectivity index (χ3n) is 3.72. The first kappa shape index (κ1) is 14.2. The van der Waals surface area contributed by atoms with Gasteiger partial charge in [0.25, 0.3) is 0 Å². The van der Waals surface area contributed by atoms with E-state index in [2.05, 4.69) is 36.0 Å². The van der Waals surface area contributed by atoms with E-state index in [1.165, 1.54) is 17.5 Å². The highest BCUT2D eigenvalue weighted by Gasteiger charge is 2.17. The van der Waals surface area contributed by atoms with E-state index in [1.807, 2.05) is 0 Å². The first-order valence-electron chi connectivity index (χ1n) is 6.92. The maximum atomic E-state index is 5.99. The van der Waals surface area contributed by atoms with Crippen molar-refractivity contribution in [1.29, 1.82) is 0 Å². The van der Waals surface area contributed by atoms with E-state index in [9.17, 15) is 0 Å². The van der Waals surface area contributed by atoms with Crippen LogP contribution in [0.4, 0.5) is 5.69 Å². The molecule has 1 aliphatic heterocycles. The van der Waals surface area contributed by atoms with Gasteiger partial charge in [-0.25, -0.2) is 0 Å². The highest BCUT2D eigenvalue weighted by Crippen LogP contribution is 2.29. The predicted molar refractivity (Wildman–Crippen MR) is 79.6 cm³/mol. The summed E-state index contributed by atoms with van der Waals surface area (Å²) in [6, 6.07) is 4.17. The molecule has 0 unspecified atom stereocenters. The summed E-state index contributed by atoms with van der Waals surface area (Å²) in [4.78, 5) is 4.75. The fourth-order valence-corrected chi connectivity index (χ4v) is 2.64. The summed E-state index contributed by atoms with van der Waals surface area (Å²) in [5.74, 6) is 0.805. The Balaban J connectivity index is 1.97. The molecule has 4 heteroatoms. The zero-order valence-electron chi connectivity index (χ0n) is 12.3. The highest BCUT2D eigenvalue weighted by atomic mass is 16.5. The monoisotopic (exact) mass is 263 g/mol. The third-order valence-corrected chi connectivity index (χ3v) is 3.72. The van der Waals surface area contributed by atoms with Crippen molar-refractivity contribution in [1.82, 2.24) is 9.80 Å². The van der Waals surface area contributed by atoms with Gasteiger partial charge in [-0.1, -0.05) is 0 Å². The highest BCUT2D eigenvalue weighted by molar-refractivity contribution is 5.57. The van der Waals surface area contributed by atoms with Crippen molar-refractivity contribution >= 4 is 5.69 Å². The Morgan fingerprint density at radius 2 is 2.11 bits per heavy atom. The molecule has 0 aromatic heterocycles. The first-order valence-corrected chi connectivity index (χ1v) is 6.92. The number of nitrogens with two attached hydrogens (primary N) is 1. The minimum absolute atomic E-state index is 0.747. The van der Waals surface area contributed by atoms with Crippen molar-refractivity contribution in [3.63, 3.8) is 0 Å². The van der Waals surface area contributed by atoms with Gasteiger partial charge >= 0.3 is 0 Å². The maximum Gasteiger partial charge on any atom is 0.142 e. The van der Waals surface area contributed by atoms with Gasteiger partial charge in [0.1, 0.15) is 5.75 Å². The van der Waals surface area contributed by atoms with E-state index in [0.717, 1.165) is 44.0 Å². The minimum Gasteiger partial charge on any atom is -0.495 e. The van der Waals surface area contributed by atoms with Crippen LogP contribution >= 0.6 is 0 Å². The zero-order chi connectivity index (χ0) is 13.8. The Bertz CT molecular complexity index is 432. The number of ether oxygens (including phenoxy) is 1. The van der Waals surface area contributed by atoms with Gasteiger partial charge in [-0.2, -0.15) is 0 Å². The summed E-state index contributed by atoms with van der Waals surface area (Å²) >= 11 is 0. The van der Waals surface area contributed by atoms with E-state index in [-0.39, 0.29) is 0 Å². The number of fused-ring (bicyclic) bond motifs is 1. The standard InChI is InChI=1S/C15H25N3O/c1-17(2)6-4-7-18-8-5-12-10-15(19-3)14(16)9-13(12)11-18/h9-10H,4-8,11,16H2,1-3H3. The Hall–Kier alpha value is -1.26. The largest absolute Gasteiger partial charge is 0.495 e. The van der Waals surface area contributed by atoms with Gasteiger partial charge in [-0.15, -0.1) is 0 Å². The van der Waals surface area contributed by atoms with Crippen LogP contribution in [-0.4, -0.2) is 50.6 Å². The molecule has 0 aliphatic carbocycles. The van der Waals surface area contributed by atoms with Crippen molar-refractivity contribution in [2.75, 3.05) is 46.6 Å². The van der Waals surface area contributed by atoms with Gasteiger partial charge in [-0.3, -0.25) is 4.90 Å². The number of benzene rings is 1. The summed E-state index contributed by atoms with van der Waals surface area (Å²) in [6.07, 6.45) is 2.31. The molecular weight excluding hydrogens is 238 g/mol. The second-order valence-corrected chi connectivity index (χ2v) is 5.55. The Morgan fingerprint density at radius 1 is 1.32 bits per heavy atom. The lowest BCUT2D eigenvalue weighted by Gasteiger charge is -2.29. The van der Waals surface area contributed by atoms with Crippen molar-refractivity contribution in [2.24, 2.45) is 0 Å². The molecule has 1 heterocycles. The van der Waals surface area contributed by atoms with Gasteiger partial charge in [0, 0.05) is 13.1 Å². The van der Waals surface area contributed by atoms with Crippen molar-refractivity contribution in [3.05, 3.63) is 23.3 Å². The van der Waals surface area contributed by atoms with Crippen LogP contribution < -0.4 is 10.5 Å². The molecule has 1 aromatic rings. The quantitative estimate of drug-likeness (QED) is 0.819. The van der Waals surface area contributed by atoms with Crippen molar-refractivity contribution < 1.29 is 4.74 Å². The molecule has 0 fully saturated rings. The molecule has 106 valence electrons. The number of methoxy groups -OCH3 is 1. The van der Waals surface area contributed by atoms with E-state index in [4.69, 9.17) is 10.5 Å². The molecule has 0 amide bonds. The fourth-order valence-electron chi connectivity index (χ4n) is 2.64. The van der Waals surface area contributed by atoms with Crippen molar-refractivity contribution in [2.45, 2.75) is 19.4 Å². The number of rotatable bonds is 5. The maximum absolute atomic E-state index is 5.99. The fraction of sp³-hybridized carbons (Fsp3) is 0.600. The molecule has 0 bridgehead atoms. The lowest BCUT2D eigenvalue weighted by Crippen LogP contribution is -2.32. The van der Waals surface area contributed by atoms with Crippen LogP contribution in [0.3, 0.4) is 0 Å². The molecule has 1 aromatic carbocycles. The lowest BCUT2D eigenvalue weighted by atomic mass is 9.98. The van der Waals surface area contributed by atoms with E-state index in [0.29, 0.717) is 0 Å². The summed E-state index contributed by atoms with van der Waals surface area (Å²) in [5.41, 5.74) is 9.48. The smallest absolute Gasteiger partial charge is 0.142 e. The minimum atomic E-state index is 0.747. The summed E-state index contributed by atoms with van der Waals surface area (Å²) in [5, 5.41) is 0. The predicted octanol–water partition coefficient (Wildman–Crippen LogP) is 1.59. The van der Waals surface area contributed by atoms with Crippen LogP contribution in [0.2, 0.25) is 0 Å². The summed E-state index contributed by atoms with van der Waals surface area (Å²) in [7, 11) is 5.92. The molecule has 0 radical (unpaired) electrons. The second kappa shape index (κ2) is 6.26. The number of hydrogen-bond donors (Lipinski definition) is 1. The zero-order valence-corrected chi connectivity index (χ0v) is 12.3. The molecule has 2 rings (SSSR count). The Morgan fingerprint density at radius 3 is 2.79 bits per heavy atom. The van der Waals surface area contributed by atoms with Crippen LogP contribution in [0.25, 0.3) is 0 Å². The van der Waals surface area contributed by atoms with Crippen LogP contribution in [0.15, 0.2) is 12.1 Å². The summed E-state index contributed by atoms with van der Waals surface area (Å²) in [6.45, 7) is 4.45. The van der Waals surface area contributed by atoms with Crippen LogP contribution in [0, 0.1) is 0 Å². The topological polar surface area (TPSA) is 41.7 Å². The Labute approximate surface area is 116 Å². The Kier molecular flexibility index (Phi) is 4.66. The van der Waals surface area contributed by atoms with Gasteiger partial charge in [0.2, 0.25) is 0 Å². The van der Waals surface area contributed by atoms with Gasteiger partial charge < -0.3 is 15.4 Å². The number of nitrogen functional groups attached to an aromatic ring is 1. The molecule has 4 nitrogen and oxygen atoms in total. The number of hydrogen-bond acceptors (Lipinski definition) is 4. The van der Waals surface area contributed by atoms with Gasteiger partial charge in [0.05, 0.1) is 12.8 Å². The normalized spacial score (nSPS) is 15.6. The molecule has 0 atom stereocenters. The lowest BCUT2D eigenvalue weighted by molar-refractivity contribution is 0.238. The van der Waals surface area contributed by atoms with Gasteiger partial charge in [0.15, 0.2) is 0 Å². The second-order valence-electron chi connectivity index (χ2n) is 5.55. The van der Waals surface area contributed by atoms with E-state index in [1.54, 1.807) is 7.11 Å². The van der Waals surface area contributed by atoms with E-state index >= 15 is 0 Å². The van der Waals surface area contributed by atoms with Crippen LogP contribution in [0.1, 0.15) is 17.5 Å². The van der Waals surface area contributed by atoms with Crippen molar-refractivity contribution in [3.8, 4) is 5.75 Å².